The summed E-state index contributed by atoms with van der Waals surface area (Å²) in [4.78, 5) is 11.9. The number of para-hydroxylation sites is 1. The van der Waals surface area contributed by atoms with Crippen molar-refractivity contribution in [2.45, 2.75) is 36.5 Å². The normalized spacial score (nSPS) is 23.4. The van der Waals surface area contributed by atoms with Gasteiger partial charge in [-0.05, 0) is 25.5 Å². The maximum Gasteiger partial charge on any atom is 0.304 e. The highest BCUT2D eigenvalue weighted by Crippen LogP contribution is 2.40. The smallest absolute Gasteiger partial charge is 0.304 e. The van der Waals surface area contributed by atoms with Crippen LogP contribution in [-0.4, -0.2) is 22.4 Å². The molecular weight excluding hydrogens is 222 g/mol. The topological polar surface area (TPSA) is 49.3 Å². The molecule has 0 radical (unpaired) electrons. The number of benzene rings is 1. The van der Waals surface area contributed by atoms with Crippen LogP contribution in [0.4, 0.5) is 5.69 Å². The van der Waals surface area contributed by atoms with Gasteiger partial charge in [0.1, 0.15) is 0 Å². The standard InChI is InChI=1S/C12H15NO2S/c1-7-4-3-5-9-12(7)13-8(2)10(16-9)6-11(14)15/h3-5,8,10,13H,6H2,1-2H3,(H,14,15). The van der Waals surface area contributed by atoms with Gasteiger partial charge < -0.3 is 10.4 Å². The van der Waals surface area contributed by atoms with Gasteiger partial charge in [0.15, 0.2) is 0 Å². The van der Waals surface area contributed by atoms with Crippen molar-refractivity contribution in [3.63, 3.8) is 0 Å². The number of fused-ring (bicyclic) bond motifs is 1. The Morgan fingerprint density at radius 3 is 3.00 bits per heavy atom. The van der Waals surface area contributed by atoms with Crippen LogP contribution in [0.3, 0.4) is 0 Å². The molecule has 4 heteroatoms. The number of rotatable bonds is 2. The summed E-state index contributed by atoms with van der Waals surface area (Å²) in [5.41, 5.74) is 2.37. The van der Waals surface area contributed by atoms with Crippen LogP contribution in [0.2, 0.25) is 0 Å². The van der Waals surface area contributed by atoms with Crippen molar-refractivity contribution in [2.24, 2.45) is 0 Å². The van der Waals surface area contributed by atoms with E-state index < -0.39 is 5.97 Å². The first kappa shape index (κ1) is 11.3. The number of hydrogen-bond acceptors (Lipinski definition) is 3. The van der Waals surface area contributed by atoms with Gasteiger partial charge in [-0.15, -0.1) is 11.8 Å². The Labute approximate surface area is 99.2 Å². The Kier molecular flexibility index (Phi) is 3.10. The van der Waals surface area contributed by atoms with E-state index in [0.29, 0.717) is 0 Å². The Morgan fingerprint density at radius 2 is 2.31 bits per heavy atom. The molecule has 16 heavy (non-hydrogen) atoms. The quantitative estimate of drug-likeness (QED) is 0.830. The molecule has 2 N–H and O–H groups in total. The van der Waals surface area contributed by atoms with Crippen LogP contribution >= 0.6 is 11.8 Å². The highest BCUT2D eigenvalue weighted by molar-refractivity contribution is 8.00. The van der Waals surface area contributed by atoms with Crippen LogP contribution in [0, 0.1) is 6.92 Å². The maximum atomic E-state index is 10.8. The second-order valence-electron chi connectivity index (χ2n) is 4.14. The van der Waals surface area contributed by atoms with Gasteiger partial charge in [0.25, 0.3) is 0 Å². The van der Waals surface area contributed by atoms with E-state index in [-0.39, 0.29) is 17.7 Å². The predicted molar refractivity (Wildman–Crippen MR) is 66.2 cm³/mol. The summed E-state index contributed by atoms with van der Waals surface area (Å²) in [6.07, 6.45) is 0.201. The summed E-state index contributed by atoms with van der Waals surface area (Å²) in [5, 5.41) is 12.3. The molecule has 2 unspecified atom stereocenters. The lowest BCUT2D eigenvalue weighted by atomic mass is 10.1. The number of carboxylic acid groups (broad SMARTS) is 1. The summed E-state index contributed by atoms with van der Waals surface area (Å²) in [5.74, 6) is -0.734. The fraction of sp³-hybridized carbons (Fsp3) is 0.417. The Morgan fingerprint density at radius 1 is 1.56 bits per heavy atom. The monoisotopic (exact) mass is 237 g/mol. The molecule has 1 heterocycles. The molecule has 0 saturated heterocycles. The molecule has 1 aliphatic heterocycles. The van der Waals surface area contributed by atoms with Gasteiger partial charge in [-0.2, -0.15) is 0 Å². The predicted octanol–water partition coefficient (Wildman–Crippen LogP) is 2.74. The van der Waals surface area contributed by atoms with Gasteiger partial charge in [-0.1, -0.05) is 12.1 Å². The summed E-state index contributed by atoms with van der Waals surface area (Å²) >= 11 is 1.66. The number of anilines is 1. The highest BCUT2D eigenvalue weighted by Gasteiger charge is 2.27. The summed E-state index contributed by atoms with van der Waals surface area (Å²) in [6.45, 7) is 4.10. The minimum Gasteiger partial charge on any atom is -0.481 e. The molecule has 2 atom stereocenters. The average Bonchev–Trinajstić information content (AvgIpc) is 2.20. The van der Waals surface area contributed by atoms with Crippen LogP contribution in [0.1, 0.15) is 18.9 Å². The van der Waals surface area contributed by atoms with E-state index in [1.165, 1.54) is 5.56 Å². The van der Waals surface area contributed by atoms with Crippen LogP contribution in [0.25, 0.3) is 0 Å². The van der Waals surface area contributed by atoms with Crippen LogP contribution in [0.5, 0.6) is 0 Å². The Hall–Kier alpha value is -1.16. The van der Waals surface area contributed by atoms with E-state index in [4.69, 9.17) is 5.11 Å². The van der Waals surface area contributed by atoms with E-state index in [9.17, 15) is 4.79 Å². The lowest BCUT2D eigenvalue weighted by Gasteiger charge is -2.32. The molecule has 0 amide bonds. The lowest BCUT2D eigenvalue weighted by molar-refractivity contribution is -0.137. The van der Waals surface area contributed by atoms with Crippen molar-refractivity contribution >= 4 is 23.4 Å². The van der Waals surface area contributed by atoms with Crippen molar-refractivity contribution in [1.82, 2.24) is 0 Å². The molecule has 0 aromatic heterocycles. The summed E-state index contributed by atoms with van der Waals surface area (Å²) in [6, 6.07) is 6.31. The van der Waals surface area contributed by atoms with Crippen LogP contribution in [0.15, 0.2) is 23.1 Å². The summed E-state index contributed by atoms with van der Waals surface area (Å²) in [7, 11) is 0. The number of carboxylic acids is 1. The fourth-order valence-electron chi connectivity index (χ4n) is 1.90. The Balaban J connectivity index is 2.25. The zero-order valence-corrected chi connectivity index (χ0v) is 10.2. The Bertz CT molecular complexity index is 419. The van der Waals surface area contributed by atoms with Crippen molar-refractivity contribution < 1.29 is 9.90 Å². The van der Waals surface area contributed by atoms with Crippen LogP contribution in [-0.2, 0) is 4.79 Å². The molecule has 1 aliphatic rings. The van der Waals surface area contributed by atoms with Crippen molar-refractivity contribution in [3.8, 4) is 0 Å². The van der Waals surface area contributed by atoms with Gasteiger partial charge >= 0.3 is 5.97 Å². The number of aryl methyl sites for hydroxylation is 1. The number of thioether (sulfide) groups is 1. The molecule has 0 bridgehead atoms. The lowest BCUT2D eigenvalue weighted by Crippen LogP contribution is -2.33. The van der Waals surface area contributed by atoms with Gasteiger partial charge in [0.2, 0.25) is 0 Å². The van der Waals surface area contributed by atoms with Crippen molar-refractivity contribution in [1.29, 1.82) is 0 Å². The minimum absolute atomic E-state index is 0.104. The van der Waals surface area contributed by atoms with Gasteiger partial charge in [-0.25, -0.2) is 0 Å². The second kappa shape index (κ2) is 4.37. The molecule has 86 valence electrons. The molecule has 0 saturated carbocycles. The SMILES string of the molecule is Cc1cccc2c1NC(C)C(CC(=O)O)S2. The van der Waals surface area contributed by atoms with E-state index in [2.05, 4.69) is 18.3 Å². The molecule has 0 fully saturated rings. The first-order chi connectivity index (χ1) is 7.58. The summed E-state index contributed by atoms with van der Waals surface area (Å²) < 4.78 is 0. The van der Waals surface area contributed by atoms with Gasteiger partial charge in [0.05, 0.1) is 12.1 Å². The third-order valence-electron chi connectivity index (χ3n) is 2.82. The van der Waals surface area contributed by atoms with Gasteiger partial charge in [-0.3, -0.25) is 4.79 Å². The minimum atomic E-state index is -0.734. The number of carbonyl (C=O) groups is 1. The molecule has 0 spiro atoms. The van der Waals surface area contributed by atoms with Crippen molar-refractivity contribution in [3.05, 3.63) is 23.8 Å². The highest BCUT2D eigenvalue weighted by atomic mass is 32.2. The van der Waals surface area contributed by atoms with E-state index in [1.54, 1.807) is 11.8 Å². The zero-order chi connectivity index (χ0) is 11.7. The first-order valence-corrected chi connectivity index (χ1v) is 6.20. The number of nitrogens with one attached hydrogen (secondary N) is 1. The third kappa shape index (κ3) is 2.16. The van der Waals surface area contributed by atoms with Crippen LogP contribution < -0.4 is 5.32 Å². The fourth-order valence-corrected chi connectivity index (χ4v) is 3.22. The average molecular weight is 237 g/mol. The molecule has 0 aliphatic carbocycles. The van der Waals surface area contributed by atoms with E-state index in [1.807, 2.05) is 19.1 Å². The number of aliphatic carboxylic acids is 1. The van der Waals surface area contributed by atoms with Crippen molar-refractivity contribution in [2.75, 3.05) is 5.32 Å². The number of hydrogen-bond donors (Lipinski definition) is 2. The zero-order valence-electron chi connectivity index (χ0n) is 9.36. The first-order valence-electron chi connectivity index (χ1n) is 5.32. The van der Waals surface area contributed by atoms with Gasteiger partial charge in [0, 0.05) is 16.2 Å². The molecule has 1 aromatic carbocycles. The van der Waals surface area contributed by atoms with E-state index in [0.717, 1.165) is 10.6 Å². The molecule has 1 aromatic rings. The largest absolute Gasteiger partial charge is 0.481 e. The third-order valence-corrected chi connectivity index (χ3v) is 4.29. The molecular formula is C12H15NO2S. The second-order valence-corrected chi connectivity index (χ2v) is 5.42. The molecule has 2 rings (SSSR count). The van der Waals surface area contributed by atoms with E-state index >= 15 is 0 Å². The molecule has 3 nitrogen and oxygen atoms in total. The maximum absolute atomic E-state index is 10.8.